The Morgan fingerprint density at radius 3 is 2.71 bits per heavy atom. The molecule has 1 aliphatic heterocycles. The van der Waals surface area contributed by atoms with Gasteiger partial charge in [-0.25, -0.2) is 4.79 Å². The van der Waals surface area contributed by atoms with Crippen LogP contribution in [0.2, 0.25) is 0 Å². The van der Waals surface area contributed by atoms with Crippen molar-refractivity contribution in [1.29, 1.82) is 0 Å². The number of thioether (sulfide) groups is 1. The molecule has 0 saturated heterocycles. The fraction of sp³-hybridized carbons (Fsp3) is 0.429. The van der Waals surface area contributed by atoms with Crippen LogP contribution in [0.15, 0.2) is 29.4 Å². The zero-order valence-corrected chi connectivity index (χ0v) is 13.0. The Morgan fingerprint density at radius 1 is 1.43 bits per heavy atom. The molecule has 0 aliphatic carbocycles. The molecule has 7 heteroatoms. The van der Waals surface area contributed by atoms with Gasteiger partial charge in [0, 0.05) is 0 Å². The van der Waals surface area contributed by atoms with Gasteiger partial charge in [0.2, 0.25) is 0 Å². The molecular formula is C14H19N3O3S. The fourth-order valence-corrected chi connectivity index (χ4v) is 2.59. The molecule has 0 fully saturated rings. The lowest BCUT2D eigenvalue weighted by Crippen LogP contribution is -2.34. The number of amides is 1. The Balaban J connectivity index is 1.80. The first-order chi connectivity index (χ1) is 9.83. The number of carbonyl (C=O) groups is 1. The highest BCUT2D eigenvalue weighted by molar-refractivity contribution is 8.14. The van der Waals surface area contributed by atoms with Gasteiger partial charge in [-0.15, -0.1) is 0 Å². The van der Waals surface area contributed by atoms with Gasteiger partial charge in [-0.05, 0) is 38.5 Å². The molecule has 0 aromatic heterocycles. The molecule has 21 heavy (non-hydrogen) atoms. The maximum Gasteiger partial charge on any atom is 0.407 e. The van der Waals surface area contributed by atoms with Crippen LogP contribution in [0.25, 0.3) is 0 Å². The summed E-state index contributed by atoms with van der Waals surface area (Å²) in [7, 11) is 0. The second kappa shape index (κ2) is 6.26. The number of hydrogen-bond acceptors (Lipinski definition) is 6. The topological polar surface area (TPSA) is 83.0 Å². The first kappa shape index (κ1) is 15.5. The third-order valence-corrected chi connectivity index (χ3v) is 3.66. The molecule has 1 heterocycles. The third kappa shape index (κ3) is 4.86. The second-order valence-electron chi connectivity index (χ2n) is 5.58. The first-order valence-corrected chi connectivity index (χ1v) is 7.46. The highest BCUT2D eigenvalue weighted by atomic mass is 32.2. The van der Waals surface area contributed by atoms with Crippen LogP contribution >= 0.6 is 11.8 Å². The predicted molar refractivity (Wildman–Crippen MR) is 83.2 cm³/mol. The molecule has 1 amide bonds. The summed E-state index contributed by atoms with van der Waals surface area (Å²) in [6.07, 6.45) is -0.459. The lowest BCUT2D eigenvalue weighted by Gasteiger charge is -2.19. The third-order valence-electron chi connectivity index (χ3n) is 2.54. The number of nitrogens with zero attached hydrogens (tertiary/aromatic N) is 1. The Hall–Kier alpha value is -1.89. The van der Waals surface area contributed by atoms with Crippen molar-refractivity contribution in [1.82, 2.24) is 10.7 Å². The molecule has 1 aromatic rings. The van der Waals surface area contributed by atoms with E-state index in [0.29, 0.717) is 6.54 Å². The molecule has 0 spiro atoms. The maximum absolute atomic E-state index is 11.6. The van der Waals surface area contributed by atoms with Crippen LogP contribution in [0.1, 0.15) is 31.7 Å². The molecule has 114 valence electrons. The van der Waals surface area contributed by atoms with E-state index in [1.807, 2.05) is 32.9 Å². The van der Waals surface area contributed by atoms with Crippen molar-refractivity contribution >= 4 is 22.9 Å². The van der Waals surface area contributed by atoms with Gasteiger partial charge in [-0.1, -0.05) is 23.9 Å². The lowest BCUT2D eigenvalue weighted by atomic mass is 10.2. The van der Waals surface area contributed by atoms with E-state index in [4.69, 9.17) is 4.74 Å². The van der Waals surface area contributed by atoms with Crippen molar-refractivity contribution in [3.8, 4) is 5.75 Å². The van der Waals surface area contributed by atoms with Gasteiger partial charge in [-0.3, -0.25) is 5.43 Å². The van der Waals surface area contributed by atoms with Crippen molar-refractivity contribution in [2.24, 2.45) is 5.10 Å². The van der Waals surface area contributed by atoms with Crippen LogP contribution in [0.5, 0.6) is 5.75 Å². The Labute approximate surface area is 128 Å². The summed E-state index contributed by atoms with van der Waals surface area (Å²) in [6, 6.07) is 6.93. The van der Waals surface area contributed by atoms with E-state index in [2.05, 4.69) is 15.8 Å². The number of aromatic hydroxyl groups is 1. The van der Waals surface area contributed by atoms with E-state index in [1.54, 1.807) is 12.1 Å². The van der Waals surface area contributed by atoms with Crippen LogP contribution in [0.4, 0.5) is 4.79 Å². The van der Waals surface area contributed by atoms with Crippen LogP contribution in [0, 0.1) is 0 Å². The van der Waals surface area contributed by atoms with Gasteiger partial charge in [0.15, 0.2) is 0 Å². The van der Waals surface area contributed by atoms with E-state index in [9.17, 15) is 9.90 Å². The van der Waals surface area contributed by atoms with E-state index in [-0.39, 0.29) is 11.1 Å². The van der Waals surface area contributed by atoms with Crippen LogP contribution in [-0.2, 0) is 4.74 Å². The smallest absolute Gasteiger partial charge is 0.407 e. The highest BCUT2D eigenvalue weighted by Crippen LogP contribution is 2.31. The number of hydrogen-bond donors (Lipinski definition) is 3. The van der Waals surface area contributed by atoms with Crippen molar-refractivity contribution in [2.75, 3.05) is 6.54 Å². The number of nitrogens with one attached hydrogen (secondary N) is 2. The van der Waals surface area contributed by atoms with Gasteiger partial charge >= 0.3 is 6.09 Å². The van der Waals surface area contributed by atoms with Gasteiger partial charge in [0.1, 0.15) is 21.8 Å². The maximum atomic E-state index is 11.6. The zero-order chi connectivity index (χ0) is 15.5. The van der Waals surface area contributed by atoms with E-state index < -0.39 is 11.7 Å². The van der Waals surface area contributed by atoms with Crippen LogP contribution in [0.3, 0.4) is 0 Å². The summed E-state index contributed by atoms with van der Waals surface area (Å²) in [5.41, 5.74) is 3.49. The first-order valence-electron chi connectivity index (χ1n) is 6.58. The summed E-state index contributed by atoms with van der Waals surface area (Å²) in [4.78, 5) is 11.6. The molecule has 1 atom stereocenters. The minimum Gasteiger partial charge on any atom is -0.508 e. The number of carbonyl (C=O) groups excluding carboxylic acids is 1. The average molecular weight is 309 g/mol. The lowest BCUT2D eigenvalue weighted by molar-refractivity contribution is 0.0536. The standard InChI is InChI=1S/C14H19N3O3S/c1-14(2,3)20-13(19)15-8-11-16-17-12(21-11)9-4-6-10(18)7-5-9/h4-7,12,17-18H,8H2,1-3H3,(H,15,19). The number of ether oxygens (including phenoxy) is 1. The SMILES string of the molecule is CC(C)(C)OC(=O)NCC1=NNC(c2ccc(O)cc2)S1. The summed E-state index contributed by atoms with van der Waals surface area (Å²) in [5.74, 6) is 0.231. The Morgan fingerprint density at radius 2 is 2.10 bits per heavy atom. The van der Waals surface area contributed by atoms with Gasteiger partial charge < -0.3 is 15.2 Å². The normalized spacial score (nSPS) is 17.9. The van der Waals surface area contributed by atoms with Crippen molar-refractivity contribution in [3.05, 3.63) is 29.8 Å². The summed E-state index contributed by atoms with van der Waals surface area (Å²) in [5, 5.41) is 16.9. The minimum absolute atomic E-state index is 0.0129. The van der Waals surface area contributed by atoms with E-state index >= 15 is 0 Å². The molecular weight excluding hydrogens is 290 g/mol. The molecule has 2 rings (SSSR count). The van der Waals surface area contributed by atoms with Crippen molar-refractivity contribution < 1.29 is 14.6 Å². The molecule has 1 aromatic carbocycles. The molecule has 3 N–H and O–H groups in total. The number of hydrazone groups is 1. The monoisotopic (exact) mass is 309 g/mol. The van der Waals surface area contributed by atoms with E-state index in [1.165, 1.54) is 11.8 Å². The minimum atomic E-state index is -0.512. The number of benzene rings is 1. The van der Waals surface area contributed by atoms with Crippen molar-refractivity contribution in [2.45, 2.75) is 31.7 Å². The van der Waals surface area contributed by atoms with Crippen LogP contribution < -0.4 is 10.7 Å². The van der Waals surface area contributed by atoms with Gasteiger partial charge in [-0.2, -0.15) is 5.10 Å². The predicted octanol–water partition coefficient (Wildman–Crippen LogP) is 2.57. The quantitative estimate of drug-likeness (QED) is 0.799. The number of alkyl carbamates (subject to hydrolysis) is 1. The van der Waals surface area contributed by atoms with Crippen molar-refractivity contribution in [3.63, 3.8) is 0 Å². The Bertz CT molecular complexity index is 537. The molecule has 0 bridgehead atoms. The van der Waals surface area contributed by atoms with Crippen LogP contribution in [-0.4, -0.2) is 28.4 Å². The number of rotatable bonds is 3. The average Bonchev–Trinajstić information content (AvgIpc) is 2.84. The molecule has 1 aliphatic rings. The molecule has 0 radical (unpaired) electrons. The van der Waals surface area contributed by atoms with Gasteiger partial charge in [0.05, 0.1) is 6.54 Å². The summed E-state index contributed by atoms with van der Waals surface area (Å²) >= 11 is 1.52. The molecule has 0 saturated carbocycles. The fourth-order valence-electron chi connectivity index (χ4n) is 1.65. The zero-order valence-electron chi connectivity index (χ0n) is 12.2. The summed E-state index contributed by atoms with van der Waals surface area (Å²) < 4.78 is 5.16. The van der Waals surface area contributed by atoms with E-state index in [0.717, 1.165) is 10.6 Å². The Kier molecular flexibility index (Phi) is 4.62. The second-order valence-corrected chi connectivity index (χ2v) is 6.76. The molecule has 6 nitrogen and oxygen atoms in total. The molecule has 1 unspecified atom stereocenters. The largest absolute Gasteiger partial charge is 0.508 e. The highest BCUT2D eigenvalue weighted by Gasteiger charge is 2.22. The van der Waals surface area contributed by atoms with Gasteiger partial charge in [0.25, 0.3) is 0 Å². The number of phenolic OH excluding ortho intramolecular Hbond substituents is 1. The summed E-state index contributed by atoms with van der Waals surface area (Å²) in [6.45, 7) is 5.77. The number of phenols is 1.